The Hall–Kier alpha value is -1.99. The lowest BCUT2D eigenvalue weighted by Gasteiger charge is -2.14. The fourth-order valence-corrected chi connectivity index (χ4v) is 2.23. The zero-order valence-electron chi connectivity index (χ0n) is 10.2. The van der Waals surface area contributed by atoms with Crippen molar-refractivity contribution in [3.63, 3.8) is 0 Å². The van der Waals surface area contributed by atoms with Crippen molar-refractivity contribution >= 4 is 17.2 Å². The minimum absolute atomic E-state index is 0.176. The Morgan fingerprint density at radius 2 is 2.42 bits per heavy atom. The summed E-state index contributed by atoms with van der Waals surface area (Å²) in [4.78, 5) is 19.7. The summed E-state index contributed by atoms with van der Waals surface area (Å²) in [5.41, 5.74) is 1.06. The van der Waals surface area contributed by atoms with Crippen LogP contribution in [0.1, 0.15) is 22.1 Å². The molecule has 2 heterocycles. The Balaban J connectivity index is 2.11. The molecule has 0 aliphatic carbocycles. The second-order valence-corrected chi connectivity index (χ2v) is 4.49. The third kappa shape index (κ3) is 3.27. The average Bonchev–Trinajstić information content (AvgIpc) is 2.98. The number of aliphatic hydroxyl groups excluding tert-OH is 1. The van der Waals surface area contributed by atoms with E-state index in [1.807, 2.05) is 16.8 Å². The topological polar surface area (TPSA) is 84.3 Å². The van der Waals surface area contributed by atoms with Crippen molar-refractivity contribution in [3.05, 3.63) is 40.5 Å². The molecule has 0 spiro atoms. The SMILES string of the molecule is COc1cc(C(=O)NC(CO)c2ccsc2)ncn1. The van der Waals surface area contributed by atoms with E-state index in [-0.39, 0.29) is 18.2 Å². The summed E-state index contributed by atoms with van der Waals surface area (Å²) in [5, 5.41) is 15.8. The second-order valence-electron chi connectivity index (χ2n) is 3.71. The number of aromatic nitrogens is 2. The first kappa shape index (κ1) is 13.4. The maximum absolute atomic E-state index is 12.0. The van der Waals surface area contributed by atoms with Gasteiger partial charge in [0.2, 0.25) is 5.88 Å². The van der Waals surface area contributed by atoms with Crippen molar-refractivity contribution in [2.75, 3.05) is 13.7 Å². The Bertz CT molecular complexity index is 545. The number of carbonyl (C=O) groups is 1. The highest BCUT2D eigenvalue weighted by Gasteiger charge is 2.16. The number of carbonyl (C=O) groups excluding carboxylic acids is 1. The van der Waals surface area contributed by atoms with E-state index in [9.17, 15) is 9.90 Å². The number of nitrogens with zero attached hydrogens (tertiary/aromatic N) is 2. The Kier molecular flexibility index (Phi) is 4.43. The van der Waals surface area contributed by atoms with Crippen LogP contribution in [0, 0.1) is 0 Å². The van der Waals surface area contributed by atoms with Gasteiger partial charge in [0.05, 0.1) is 19.8 Å². The van der Waals surface area contributed by atoms with Crippen LogP contribution in [-0.4, -0.2) is 34.7 Å². The van der Waals surface area contributed by atoms with E-state index in [0.717, 1.165) is 5.56 Å². The maximum Gasteiger partial charge on any atom is 0.270 e. The fourth-order valence-electron chi connectivity index (χ4n) is 1.52. The summed E-state index contributed by atoms with van der Waals surface area (Å²) in [5.74, 6) is -0.0674. The van der Waals surface area contributed by atoms with Gasteiger partial charge in [0, 0.05) is 6.07 Å². The summed E-state index contributed by atoms with van der Waals surface area (Å²) in [6, 6.07) is 2.85. The van der Waals surface area contributed by atoms with Gasteiger partial charge >= 0.3 is 0 Å². The summed E-state index contributed by atoms with van der Waals surface area (Å²) >= 11 is 1.50. The third-order valence-electron chi connectivity index (χ3n) is 2.52. The third-order valence-corrected chi connectivity index (χ3v) is 3.22. The van der Waals surface area contributed by atoms with E-state index in [2.05, 4.69) is 15.3 Å². The summed E-state index contributed by atoms with van der Waals surface area (Å²) in [6.07, 6.45) is 1.26. The molecule has 100 valence electrons. The molecular formula is C12H13N3O3S. The largest absolute Gasteiger partial charge is 0.481 e. The first-order valence-electron chi connectivity index (χ1n) is 5.54. The van der Waals surface area contributed by atoms with Crippen molar-refractivity contribution in [1.29, 1.82) is 0 Å². The van der Waals surface area contributed by atoms with Crippen LogP contribution >= 0.6 is 11.3 Å². The van der Waals surface area contributed by atoms with Gasteiger partial charge in [0.15, 0.2) is 0 Å². The predicted molar refractivity (Wildman–Crippen MR) is 70.2 cm³/mol. The van der Waals surface area contributed by atoms with Crippen LogP contribution < -0.4 is 10.1 Å². The molecule has 2 aromatic heterocycles. The molecule has 0 aliphatic rings. The molecule has 0 aliphatic heterocycles. The van der Waals surface area contributed by atoms with E-state index < -0.39 is 6.04 Å². The highest BCUT2D eigenvalue weighted by atomic mass is 32.1. The minimum Gasteiger partial charge on any atom is -0.481 e. The normalized spacial score (nSPS) is 11.9. The fraction of sp³-hybridized carbons (Fsp3) is 0.250. The molecule has 7 heteroatoms. The van der Waals surface area contributed by atoms with Gasteiger partial charge in [0.25, 0.3) is 5.91 Å². The lowest BCUT2D eigenvalue weighted by Crippen LogP contribution is -2.31. The van der Waals surface area contributed by atoms with Crippen molar-refractivity contribution < 1.29 is 14.6 Å². The van der Waals surface area contributed by atoms with Crippen LogP contribution in [0.4, 0.5) is 0 Å². The average molecular weight is 279 g/mol. The number of nitrogens with one attached hydrogen (secondary N) is 1. The van der Waals surface area contributed by atoms with Crippen LogP contribution in [0.15, 0.2) is 29.2 Å². The molecule has 2 rings (SSSR count). The monoisotopic (exact) mass is 279 g/mol. The van der Waals surface area contributed by atoms with E-state index in [1.165, 1.54) is 30.8 Å². The highest BCUT2D eigenvalue weighted by Crippen LogP contribution is 2.16. The predicted octanol–water partition coefficient (Wildman–Crippen LogP) is 1.01. The minimum atomic E-state index is -0.445. The molecule has 2 N–H and O–H groups in total. The lowest BCUT2D eigenvalue weighted by molar-refractivity contribution is 0.0910. The summed E-state index contributed by atoms with van der Waals surface area (Å²) in [6.45, 7) is -0.176. The molecule has 1 unspecified atom stereocenters. The molecule has 1 atom stereocenters. The molecule has 1 amide bonds. The van der Waals surface area contributed by atoms with E-state index in [1.54, 1.807) is 0 Å². The first-order chi connectivity index (χ1) is 9.24. The summed E-state index contributed by atoms with van der Waals surface area (Å²) in [7, 11) is 1.46. The summed E-state index contributed by atoms with van der Waals surface area (Å²) < 4.78 is 4.93. The molecule has 19 heavy (non-hydrogen) atoms. The molecule has 0 radical (unpaired) electrons. The Morgan fingerprint density at radius 3 is 3.05 bits per heavy atom. The highest BCUT2D eigenvalue weighted by molar-refractivity contribution is 7.07. The number of aliphatic hydroxyl groups is 1. The van der Waals surface area contributed by atoms with Crippen molar-refractivity contribution in [1.82, 2.24) is 15.3 Å². The first-order valence-corrected chi connectivity index (χ1v) is 6.48. The Morgan fingerprint density at radius 1 is 1.58 bits per heavy atom. The van der Waals surface area contributed by atoms with E-state index in [4.69, 9.17) is 4.74 Å². The van der Waals surface area contributed by atoms with Gasteiger partial charge in [0.1, 0.15) is 12.0 Å². The number of ether oxygens (including phenoxy) is 1. The quantitative estimate of drug-likeness (QED) is 0.853. The molecule has 0 saturated carbocycles. The number of hydrogen-bond acceptors (Lipinski definition) is 6. The van der Waals surface area contributed by atoms with E-state index in [0.29, 0.717) is 5.88 Å². The smallest absolute Gasteiger partial charge is 0.270 e. The van der Waals surface area contributed by atoms with Gasteiger partial charge in [-0.05, 0) is 22.4 Å². The molecule has 0 bridgehead atoms. The van der Waals surface area contributed by atoms with Crippen molar-refractivity contribution in [2.24, 2.45) is 0 Å². The van der Waals surface area contributed by atoms with Crippen molar-refractivity contribution in [3.8, 4) is 5.88 Å². The van der Waals surface area contributed by atoms with Crippen molar-refractivity contribution in [2.45, 2.75) is 6.04 Å². The molecule has 0 fully saturated rings. The van der Waals surface area contributed by atoms with Gasteiger partial charge in [-0.3, -0.25) is 4.79 Å². The van der Waals surface area contributed by atoms with Gasteiger partial charge in [-0.25, -0.2) is 9.97 Å². The molecule has 6 nitrogen and oxygen atoms in total. The zero-order chi connectivity index (χ0) is 13.7. The van der Waals surface area contributed by atoms with Gasteiger partial charge in [-0.1, -0.05) is 0 Å². The molecular weight excluding hydrogens is 266 g/mol. The maximum atomic E-state index is 12.0. The molecule has 0 aromatic carbocycles. The molecule has 2 aromatic rings. The van der Waals surface area contributed by atoms with Gasteiger partial charge < -0.3 is 15.2 Å². The number of amides is 1. The van der Waals surface area contributed by atoms with Crippen LogP contribution in [0.5, 0.6) is 5.88 Å². The standard InChI is InChI=1S/C12H13N3O3S/c1-18-11-4-9(13-7-14-11)12(17)15-10(5-16)8-2-3-19-6-8/h2-4,6-7,10,16H,5H2,1H3,(H,15,17). The second kappa shape index (κ2) is 6.26. The zero-order valence-corrected chi connectivity index (χ0v) is 11.1. The van der Waals surface area contributed by atoms with E-state index >= 15 is 0 Å². The van der Waals surface area contributed by atoms with Crippen LogP contribution in [0.2, 0.25) is 0 Å². The Labute approximate surface area is 114 Å². The van der Waals surface area contributed by atoms with Gasteiger partial charge in [-0.2, -0.15) is 11.3 Å². The van der Waals surface area contributed by atoms with Gasteiger partial charge in [-0.15, -0.1) is 0 Å². The number of hydrogen-bond donors (Lipinski definition) is 2. The molecule has 0 saturated heterocycles. The van der Waals surface area contributed by atoms with Crippen LogP contribution in [-0.2, 0) is 0 Å². The number of methoxy groups -OCH3 is 1. The number of thiophene rings is 1. The van der Waals surface area contributed by atoms with Crippen LogP contribution in [0.3, 0.4) is 0 Å². The van der Waals surface area contributed by atoms with Crippen LogP contribution in [0.25, 0.3) is 0 Å². The lowest BCUT2D eigenvalue weighted by atomic mass is 10.1. The number of rotatable bonds is 5.